The second-order valence-electron chi connectivity index (χ2n) is 11.8. The number of likely N-dealkylation sites (tertiary alicyclic amines) is 1. The van der Waals surface area contributed by atoms with Crippen molar-refractivity contribution < 1.29 is 9.53 Å². The summed E-state index contributed by atoms with van der Waals surface area (Å²) in [6.45, 7) is 7.75. The number of aromatic nitrogens is 4. The number of aromatic amines is 2. The van der Waals surface area contributed by atoms with Crippen LogP contribution in [0.2, 0.25) is 0 Å². The summed E-state index contributed by atoms with van der Waals surface area (Å²) in [5.74, 6) is 8.29. The van der Waals surface area contributed by atoms with Gasteiger partial charge in [-0.3, -0.25) is 4.90 Å². The summed E-state index contributed by atoms with van der Waals surface area (Å²) in [5, 5.41) is 3.49. The Labute approximate surface area is 240 Å². The van der Waals surface area contributed by atoms with E-state index in [1.165, 1.54) is 0 Å². The highest BCUT2D eigenvalue weighted by Crippen LogP contribution is 2.33. The molecule has 4 aromatic rings. The van der Waals surface area contributed by atoms with Crippen LogP contribution in [0.25, 0.3) is 22.3 Å². The van der Waals surface area contributed by atoms with E-state index < -0.39 is 5.60 Å². The monoisotopic (exact) mass is 551 g/mol. The third-order valence-electron chi connectivity index (χ3n) is 7.60. The first-order chi connectivity index (χ1) is 19.8. The normalized spacial score (nSPS) is 19.0. The van der Waals surface area contributed by atoms with Gasteiger partial charge in [-0.15, -0.1) is 0 Å². The number of nitrogens with one attached hydrogen (secondary N) is 3. The number of ether oxygens (including phenoxy) is 1. The Bertz CT molecular complexity index is 1610. The van der Waals surface area contributed by atoms with E-state index in [0.717, 1.165) is 83.0 Å². The highest BCUT2D eigenvalue weighted by atomic mass is 16.6. The molecule has 212 valence electrons. The number of nitrogens with two attached hydrogens (primary N) is 1. The number of H-pyrrole nitrogens is 2. The molecule has 2 atom stereocenters. The van der Waals surface area contributed by atoms with Gasteiger partial charge in [0.1, 0.15) is 17.2 Å². The van der Waals surface area contributed by atoms with Gasteiger partial charge in [-0.05, 0) is 83.3 Å². The molecule has 2 aliphatic heterocycles. The molecular weight excluding hydrogens is 514 g/mol. The van der Waals surface area contributed by atoms with Gasteiger partial charge in [-0.1, -0.05) is 24.0 Å². The van der Waals surface area contributed by atoms with E-state index in [4.69, 9.17) is 20.4 Å². The van der Waals surface area contributed by atoms with E-state index in [0.29, 0.717) is 13.1 Å². The van der Waals surface area contributed by atoms with Crippen molar-refractivity contribution in [3.8, 4) is 23.1 Å². The van der Waals surface area contributed by atoms with Crippen molar-refractivity contribution in [2.24, 2.45) is 5.73 Å². The lowest BCUT2D eigenvalue weighted by atomic mass is 10.1. The number of imidazole rings is 2. The molecule has 9 nitrogen and oxygen atoms in total. The number of amides is 1. The van der Waals surface area contributed by atoms with Gasteiger partial charge in [0.2, 0.25) is 0 Å². The standard InChI is InChI=1S/C32H37N7O2/c1-32(2,3)41-31(40)39-17-5-7-27(39)30-35-23-15-12-21(18-25(23)36-30)9-8-20-10-13-22(14-11-20)28-26(19-33)37-29(38-28)24-6-4-16-34-24/h10-15,18,24,27,34H,4-7,16-17,19,33H2,1-3H3,(H,35,36)(H,37,38)/t24-,27-/m0/s1. The molecule has 0 radical (unpaired) electrons. The Morgan fingerprint density at radius 2 is 1.80 bits per heavy atom. The van der Waals surface area contributed by atoms with Gasteiger partial charge < -0.3 is 25.8 Å². The van der Waals surface area contributed by atoms with Gasteiger partial charge >= 0.3 is 6.09 Å². The van der Waals surface area contributed by atoms with E-state index in [-0.39, 0.29) is 18.2 Å². The maximum atomic E-state index is 12.8. The topological polar surface area (TPSA) is 125 Å². The van der Waals surface area contributed by atoms with Gasteiger partial charge in [0.25, 0.3) is 0 Å². The van der Waals surface area contributed by atoms with Crippen molar-refractivity contribution in [1.82, 2.24) is 30.2 Å². The van der Waals surface area contributed by atoms with Gasteiger partial charge in [0.05, 0.1) is 34.5 Å². The predicted molar refractivity (Wildman–Crippen MR) is 159 cm³/mol. The number of rotatable bonds is 4. The lowest BCUT2D eigenvalue weighted by molar-refractivity contribution is 0.0219. The van der Waals surface area contributed by atoms with Crippen LogP contribution < -0.4 is 11.1 Å². The Kier molecular flexibility index (Phi) is 7.28. The highest BCUT2D eigenvalue weighted by Gasteiger charge is 2.35. The predicted octanol–water partition coefficient (Wildman–Crippen LogP) is 5.31. The molecule has 6 rings (SSSR count). The molecule has 2 saturated heterocycles. The average molecular weight is 552 g/mol. The number of hydrogen-bond donors (Lipinski definition) is 4. The minimum atomic E-state index is -0.533. The largest absolute Gasteiger partial charge is 0.444 e. The minimum absolute atomic E-state index is 0.120. The first-order valence-electron chi connectivity index (χ1n) is 14.4. The van der Waals surface area contributed by atoms with Gasteiger partial charge in [-0.25, -0.2) is 14.8 Å². The van der Waals surface area contributed by atoms with Crippen molar-refractivity contribution >= 4 is 17.1 Å². The van der Waals surface area contributed by atoms with E-state index >= 15 is 0 Å². The van der Waals surface area contributed by atoms with Crippen LogP contribution in [0.3, 0.4) is 0 Å². The summed E-state index contributed by atoms with van der Waals surface area (Å²) in [7, 11) is 0. The average Bonchev–Trinajstić information content (AvgIpc) is 3.76. The van der Waals surface area contributed by atoms with Crippen LogP contribution in [0.15, 0.2) is 42.5 Å². The SMILES string of the molecule is CC(C)(C)OC(=O)N1CCC[C@H]1c1nc2ccc(C#Cc3ccc(-c4nc([C@@H]5CCCN5)[nH]c4CN)cc3)cc2[nH]1. The maximum Gasteiger partial charge on any atom is 0.410 e. The first-order valence-corrected chi connectivity index (χ1v) is 14.4. The zero-order valence-corrected chi connectivity index (χ0v) is 23.9. The smallest absolute Gasteiger partial charge is 0.410 e. The van der Waals surface area contributed by atoms with Gasteiger partial charge in [0, 0.05) is 29.8 Å². The molecule has 0 unspecified atom stereocenters. The second kappa shape index (κ2) is 11.0. The molecule has 5 N–H and O–H groups in total. The zero-order chi connectivity index (χ0) is 28.6. The number of nitrogens with zero attached hydrogens (tertiary/aromatic N) is 3. The molecule has 0 aliphatic carbocycles. The van der Waals surface area contributed by atoms with E-state index in [1.54, 1.807) is 4.90 Å². The molecule has 0 saturated carbocycles. The fourth-order valence-electron chi connectivity index (χ4n) is 5.61. The summed E-state index contributed by atoms with van der Waals surface area (Å²) in [6.07, 6.45) is 3.72. The van der Waals surface area contributed by atoms with E-state index in [9.17, 15) is 4.79 Å². The van der Waals surface area contributed by atoms with Crippen molar-refractivity contribution in [2.75, 3.05) is 13.1 Å². The van der Waals surface area contributed by atoms with Crippen molar-refractivity contribution in [3.63, 3.8) is 0 Å². The summed E-state index contributed by atoms with van der Waals surface area (Å²) in [5.41, 5.74) is 11.9. The molecule has 0 spiro atoms. The molecule has 9 heteroatoms. The van der Waals surface area contributed by atoms with Crippen LogP contribution in [0.1, 0.15) is 87.0 Å². The third kappa shape index (κ3) is 5.85. The maximum absolute atomic E-state index is 12.8. The Morgan fingerprint density at radius 1 is 1.02 bits per heavy atom. The van der Waals surface area contributed by atoms with Crippen molar-refractivity contribution in [3.05, 3.63) is 70.9 Å². The summed E-state index contributed by atoms with van der Waals surface area (Å²) in [4.78, 5) is 31.0. The van der Waals surface area contributed by atoms with Gasteiger partial charge in [-0.2, -0.15) is 0 Å². The second-order valence-corrected chi connectivity index (χ2v) is 11.8. The van der Waals surface area contributed by atoms with Crippen LogP contribution in [-0.2, 0) is 11.3 Å². The Balaban J connectivity index is 1.18. The highest BCUT2D eigenvalue weighted by molar-refractivity contribution is 5.77. The lowest BCUT2D eigenvalue weighted by Crippen LogP contribution is -2.36. The minimum Gasteiger partial charge on any atom is -0.444 e. The molecular formula is C32H37N7O2. The quantitative estimate of drug-likeness (QED) is 0.255. The van der Waals surface area contributed by atoms with Crippen LogP contribution in [-0.4, -0.2) is 49.6 Å². The van der Waals surface area contributed by atoms with E-state index in [2.05, 4.69) is 27.1 Å². The number of carbonyl (C=O) groups excluding carboxylic acids is 1. The molecule has 41 heavy (non-hydrogen) atoms. The van der Waals surface area contributed by atoms with Crippen molar-refractivity contribution in [2.45, 2.75) is 70.7 Å². The molecule has 0 bridgehead atoms. The van der Waals surface area contributed by atoms with Crippen molar-refractivity contribution in [1.29, 1.82) is 0 Å². The Hall–Kier alpha value is -4.13. The zero-order valence-electron chi connectivity index (χ0n) is 23.9. The van der Waals surface area contributed by atoms with Crippen LogP contribution in [0.4, 0.5) is 4.79 Å². The fraction of sp³-hybridized carbons (Fsp3) is 0.406. The number of fused-ring (bicyclic) bond motifs is 1. The molecule has 2 aromatic heterocycles. The van der Waals surface area contributed by atoms with Crippen LogP contribution in [0, 0.1) is 11.8 Å². The van der Waals surface area contributed by atoms with E-state index in [1.807, 2.05) is 63.2 Å². The molecule has 2 fully saturated rings. The number of hydrogen-bond acceptors (Lipinski definition) is 6. The first kappa shape index (κ1) is 27.1. The molecule has 4 heterocycles. The Morgan fingerprint density at radius 3 is 2.54 bits per heavy atom. The molecule has 2 aromatic carbocycles. The van der Waals surface area contributed by atoms with Crippen LogP contribution in [0.5, 0.6) is 0 Å². The summed E-state index contributed by atoms with van der Waals surface area (Å²) in [6, 6.07) is 14.2. The van der Waals surface area contributed by atoms with Gasteiger partial charge in [0.15, 0.2) is 0 Å². The lowest BCUT2D eigenvalue weighted by Gasteiger charge is -2.27. The number of benzene rings is 2. The third-order valence-corrected chi connectivity index (χ3v) is 7.60. The summed E-state index contributed by atoms with van der Waals surface area (Å²) < 4.78 is 5.62. The fourth-order valence-corrected chi connectivity index (χ4v) is 5.61. The molecule has 2 aliphatic rings. The van der Waals surface area contributed by atoms with Crippen LogP contribution >= 0.6 is 0 Å². The summed E-state index contributed by atoms with van der Waals surface area (Å²) >= 11 is 0. The molecule has 1 amide bonds. The number of carbonyl (C=O) groups is 1.